The first-order valence-corrected chi connectivity index (χ1v) is 7.88. The third-order valence-corrected chi connectivity index (χ3v) is 4.73. The number of hydrogen-bond acceptors (Lipinski definition) is 3. The summed E-state index contributed by atoms with van der Waals surface area (Å²) in [4.78, 5) is 5.21. The highest BCUT2D eigenvalue weighted by Gasteiger charge is 2.25. The summed E-state index contributed by atoms with van der Waals surface area (Å²) in [5.41, 5.74) is 0. The minimum absolute atomic E-state index is 0.704. The van der Waals surface area contributed by atoms with E-state index in [1.807, 2.05) is 0 Å². The molecular formula is C15H31N3. The van der Waals surface area contributed by atoms with E-state index >= 15 is 0 Å². The standard InChI is InChI=1S/C15H31N3/c1-4-18-11-5-6-15(18)12-17(3)13(2)9-10-16-14-7-8-14/h13-16H,4-12H2,1-3H3. The zero-order chi connectivity index (χ0) is 13.0. The van der Waals surface area contributed by atoms with E-state index < -0.39 is 0 Å². The normalized spacial score (nSPS) is 27.0. The number of hydrogen-bond donors (Lipinski definition) is 1. The van der Waals surface area contributed by atoms with E-state index in [9.17, 15) is 0 Å². The Labute approximate surface area is 113 Å². The van der Waals surface area contributed by atoms with Gasteiger partial charge in [-0.15, -0.1) is 0 Å². The highest BCUT2D eigenvalue weighted by atomic mass is 15.2. The van der Waals surface area contributed by atoms with Crippen LogP contribution in [0.4, 0.5) is 0 Å². The Balaban J connectivity index is 1.63. The lowest BCUT2D eigenvalue weighted by Crippen LogP contribution is -2.42. The monoisotopic (exact) mass is 253 g/mol. The molecule has 2 atom stereocenters. The maximum atomic E-state index is 3.62. The van der Waals surface area contributed by atoms with Gasteiger partial charge in [0.1, 0.15) is 0 Å². The van der Waals surface area contributed by atoms with Crippen molar-refractivity contribution in [3.8, 4) is 0 Å². The van der Waals surface area contributed by atoms with Crippen LogP contribution in [0, 0.1) is 0 Å². The molecule has 18 heavy (non-hydrogen) atoms. The maximum Gasteiger partial charge on any atom is 0.0223 e. The Hall–Kier alpha value is -0.120. The van der Waals surface area contributed by atoms with E-state index in [2.05, 4.69) is 36.0 Å². The molecule has 1 saturated heterocycles. The minimum Gasteiger partial charge on any atom is -0.314 e. The van der Waals surface area contributed by atoms with Gasteiger partial charge in [-0.25, -0.2) is 0 Å². The van der Waals surface area contributed by atoms with Gasteiger partial charge in [0.25, 0.3) is 0 Å². The predicted octanol–water partition coefficient (Wildman–Crippen LogP) is 1.93. The number of nitrogens with zero attached hydrogens (tertiary/aromatic N) is 2. The second kappa shape index (κ2) is 6.88. The summed E-state index contributed by atoms with van der Waals surface area (Å²) in [5.74, 6) is 0. The summed E-state index contributed by atoms with van der Waals surface area (Å²) in [7, 11) is 2.30. The molecule has 2 fully saturated rings. The van der Waals surface area contributed by atoms with Crippen LogP contribution in [-0.2, 0) is 0 Å². The molecule has 1 aliphatic heterocycles. The summed E-state index contributed by atoms with van der Waals surface area (Å²) in [6, 6.07) is 2.36. The summed E-state index contributed by atoms with van der Waals surface area (Å²) in [6.07, 6.45) is 6.87. The first-order valence-electron chi connectivity index (χ1n) is 7.88. The van der Waals surface area contributed by atoms with E-state index in [1.165, 1.54) is 58.3 Å². The van der Waals surface area contributed by atoms with Gasteiger partial charge >= 0.3 is 0 Å². The van der Waals surface area contributed by atoms with E-state index in [-0.39, 0.29) is 0 Å². The SMILES string of the molecule is CCN1CCCC1CN(C)C(C)CCNC1CC1. The van der Waals surface area contributed by atoms with Gasteiger partial charge in [0.05, 0.1) is 0 Å². The molecule has 106 valence electrons. The van der Waals surface area contributed by atoms with Crippen LogP contribution in [0.3, 0.4) is 0 Å². The Bertz CT molecular complexity index is 240. The van der Waals surface area contributed by atoms with Crippen molar-refractivity contribution in [2.24, 2.45) is 0 Å². The molecule has 3 heteroatoms. The predicted molar refractivity (Wildman–Crippen MR) is 78.0 cm³/mol. The lowest BCUT2D eigenvalue weighted by Gasteiger charge is -2.31. The van der Waals surface area contributed by atoms with Crippen molar-refractivity contribution in [3.05, 3.63) is 0 Å². The molecule has 1 heterocycles. The minimum atomic E-state index is 0.704. The number of nitrogens with one attached hydrogen (secondary N) is 1. The second-order valence-corrected chi connectivity index (χ2v) is 6.23. The van der Waals surface area contributed by atoms with Crippen LogP contribution in [-0.4, -0.2) is 61.2 Å². The zero-order valence-corrected chi connectivity index (χ0v) is 12.5. The number of likely N-dealkylation sites (N-methyl/N-ethyl adjacent to an activating group) is 2. The topological polar surface area (TPSA) is 18.5 Å². The van der Waals surface area contributed by atoms with E-state index in [1.54, 1.807) is 0 Å². The molecule has 0 aromatic carbocycles. The number of rotatable bonds is 8. The van der Waals surface area contributed by atoms with Crippen LogP contribution in [0.25, 0.3) is 0 Å². The van der Waals surface area contributed by atoms with Gasteiger partial charge in [-0.2, -0.15) is 0 Å². The lowest BCUT2D eigenvalue weighted by atomic mass is 10.1. The van der Waals surface area contributed by atoms with Crippen LogP contribution in [0.15, 0.2) is 0 Å². The van der Waals surface area contributed by atoms with Crippen molar-refractivity contribution in [1.29, 1.82) is 0 Å². The summed E-state index contributed by atoms with van der Waals surface area (Å²) >= 11 is 0. The fourth-order valence-electron chi connectivity index (χ4n) is 3.03. The van der Waals surface area contributed by atoms with Gasteiger partial charge in [-0.3, -0.25) is 4.90 Å². The average Bonchev–Trinajstić information content (AvgIpc) is 3.07. The van der Waals surface area contributed by atoms with E-state index in [4.69, 9.17) is 0 Å². The molecule has 1 saturated carbocycles. The van der Waals surface area contributed by atoms with Gasteiger partial charge in [-0.05, 0) is 65.7 Å². The molecule has 0 aromatic heterocycles. The largest absolute Gasteiger partial charge is 0.314 e. The molecule has 2 unspecified atom stereocenters. The Kier molecular flexibility index (Phi) is 5.46. The van der Waals surface area contributed by atoms with Gasteiger partial charge < -0.3 is 10.2 Å². The van der Waals surface area contributed by atoms with Gasteiger partial charge in [-0.1, -0.05) is 6.92 Å². The van der Waals surface area contributed by atoms with Crippen LogP contribution in [0.1, 0.15) is 46.0 Å². The second-order valence-electron chi connectivity index (χ2n) is 6.23. The maximum absolute atomic E-state index is 3.62. The lowest BCUT2D eigenvalue weighted by molar-refractivity contribution is 0.165. The van der Waals surface area contributed by atoms with Gasteiger partial charge in [0, 0.05) is 24.7 Å². The third-order valence-electron chi connectivity index (χ3n) is 4.73. The summed E-state index contributed by atoms with van der Waals surface area (Å²) in [6.45, 7) is 9.64. The van der Waals surface area contributed by atoms with Crippen molar-refractivity contribution in [1.82, 2.24) is 15.1 Å². The van der Waals surface area contributed by atoms with E-state index in [0.29, 0.717) is 6.04 Å². The van der Waals surface area contributed by atoms with Crippen molar-refractivity contribution < 1.29 is 0 Å². The third kappa shape index (κ3) is 4.22. The van der Waals surface area contributed by atoms with Crippen LogP contribution >= 0.6 is 0 Å². The molecule has 2 rings (SSSR count). The first kappa shape index (κ1) is 14.3. The Morgan fingerprint density at radius 3 is 2.78 bits per heavy atom. The highest BCUT2D eigenvalue weighted by Crippen LogP contribution is 2.20. The molecule has 0 radical (unpaired) electrons. The smallest absolute Gasteiger partial charge is 0.0223 e. The zero-order valence-electron chi connectivity index (χ0n) is 12.5. The first-order chi connectivity index (χ1) is 8.70. The Morgan fingerprint density at radius 2 is 2.11 bits per heavy atom. The molecule has 0 amide bonds. The van der Waals surface area contributed by atoms with E-state index in [0.717, 1.165) is 12.1 Å². The molecule has 3 nitrogen and oxygen atoms in total. The fourth-order valence-corrected chi connectivity index (χ4v) is 3.03. The van der Waals surface area contributed by atoms with Crippen molar-refractivity contribution in [2.45, 2.75) is 64.1 Å². The molecule has 1 aliphatic carbocycles. The molecule has 0 spiro atoms. The molecular weight excluding hydrogens is 222 g/mol. The van der Waals surface area contributed by atoms with Gasteiger partial charge in [0.2, 0.25) is 0 Å². The molecule has 0 aromatic rings. The van der Waals surface area contributed by atoms with Crippen molar-refractivity contribution >= 4 is 0 Å². The highest BCUT2D eigenvalue weighted by molar-refractivity contribution is 4.83. The van der Waals surface area contributed by atoms with Crippen molar-refractivity contribution in [3.63, 3.8) is 0 Å². The summed E-state index contributed by atoms with van der Waals surface area (Å²) < 4.78 is 0. The van der Waals surface area contributed by atoms with Crippen LogP contribution in [0.5, 0.6) is 0 Å². The average molecular weight is 253 g/mol. The molecule has 1 N–H and O–H groups in total. The van der Waals surface area contributed by atoms with Crippen LogP contribution in [0.2, 0.25) is 0 Å². The van der Waals surface area contributed by atoms with Crippen molar-refractivity contribution in [2.75, 3.05) is 33.2 Å². The number of likely N-dealkylation sites (tertiary alicyclic amines) is 1. The van der Waals surface area contributed by atoms with Gasteiger partial charge in [0.15, 0.2) is 0 Å². The summed E-state index contributed by atoms with van der Waals surface area (Å²) in [5, 5.41) is 3.62. The molecule has 0 bridgehead atoms. The quantitative estimate of drug-likeness (QED) is 0.713. The van der Waals surface area contributed by atoms with Crippen LogP contribution < -0.4 is 5.32 Å². The Morgan fingerprint density at radius 1 is 1.33 bits per heavy atom. The fraction of sp³-hybridized carbons (Fsp3) is 1.00. The molecule has 2 aliphatic rings.